The number of anilines is 1. The van der Waals surface area contributed by atoms with Crippen LogP contribution in [0.3, 0.4) is 0 Å². The maximum absolute atomic E-state index is 10.9. The maximum atomic E-state index is 10.9. The Bertz CT molecular complexity index is 513. The molecule has 0 saturated carbocycles. The van der Waals surface area contributed by atoms with Crippen molar-refractivity contribution < 1.29 is 4.92 Å². The van der Waals surface area contributed by atoms with Crippen LogP contribution in [0.25, 0.3) is 0 Å². The molecule has 0 amide bonds. The zero-order valence-electron chi connectivity index (χ0n) is 9.17. The van der Waals surface area contributed by atoms with Gasteiger partial charge in [-0.2, -0.15) is 5.26 Å². The van der Waals surface area contributed by atoms with E-state index < -0.39 is 4.92 Å². The topological polar surface area (TPSA) is 91.8 Å². The van der Waals surface area contributed by atoms with Crippen molar-refractivity contribution in [1.29, 1.82) is 5.26 Å². The van der Waals surface area contributed by atoms with E-state index in [1.807, 2.05) is 6.92 Å². The number of terminal acetylenes is 1. The van der Waals surface area contributed by atoms with E-state index in [0.29, 0.717) is 6.42 Å². The van der Waals surface area contributed by atoms with Crippen molar-refractivity contribution in [3.63, 3.8) is 0 Å². The molecule has 1 unspecified atom stereocenters. The number of nitro groups is 1. The Morgan fingerprint density at radius 3 is 2.94 bits per heavy atom. The average molecular weight is 230 g/mol. The number of hydrogen-bond donors (Lipinski definition) is 1. The van der Waals surface area contributed by atoms with Crippen molar-refractivity contribution in [2.24, 2.45) is 0 Å². The molecule has 1 atom stereocenters. The molecule has 0 aliphatic heterocycles. The molecule has 1 N–H and O–H groups in total. The highest BCUT2D eigenvalue weighted by Gasteiger charge is 2.22. The molecule has 0 fully saturated rings. The van der Waals surface area contributed by atoms with Gasteiger partial charge >= 0.3 is 5.69 Å². The molecule has 0 aliphatic carbocycles. The molecule has 0 aromatic carbocycles. The lowest BCUT2D eigenvalue weighted by atomic mass is 10.2. The van der Waals surface area contributed by atoms with Gasteiger partial charge in [0.25, 0.3) is 0 Å². The standard InChI is InChI=1S/C11H10N4O2/c1-3-9(4-2)14-11-10(15(16)17)8(7-12)5-6-13-11/h1,5-6,9H,4H2,2H3,(H,13,14). The van der Waals surface area contributed by atoms with Crippen LogP contribution in [0, 0.1) is 33.8 Å². The normalized spacial score (nSPS) is 11.0. The molecule has 0 aliphatic rings. The van der Waals surface area contributed by atoms with Crippen molar-refractivity contribution in [2.45, 2.75) is 19.4 Å². The minimum absolute atomic E-state index is 0.0267. The molecule has 1 aromatic rings. The van der Waals surface area contributed by atoms with Crippen LogP contribution in [0.5, 0.6) is 0 Å². The summed E-state index contributed by atoms with van der Waals surface area (Å²) in [5.74, 6) is 2.47. The van der Waals surface area contributed by atoms with Gasteiger partial charge in [-0.1, -0.05) is 12.8 Å². The van der Waals surface area contributed by atoms with E-state index in [1.54, 1.807) is 6.07 Å². The van der Waals surface area contributed by atoms with Crippen molar-refractivity contribution >= 4 is 11.5 Å². The van der Waals surface area contributed by atoms with E-state index >= 15 is 0 Å². The number of nitrogens with one attached hydrogen (secondary N) is 1. The third-order valence-electron chi connectivity index (χ3n) is 2.15. The minimum atomic E-state index is -0.642. The first kappa shape index (κ1) is 12.5. The Labute approximate surface area is 98.4 Å². The van der Waals surface area contributed by atoms with Crippen LogP contribution in [0.1, 0.15) is 18.9 Å². The first-order valence-corrected chi connectivity index (χ1v) is 4.90. The second-order valence-corrected chi connectivity index (χ2v) is 3.20. The van der Waals surface area contributed by atoms with Gasteiger partial charge in [-0.25, -0.2) is 4.98 Å². The summed E-state index contributed by atoms with van der Waals surface area (Å²) in [7, 11) is 0. The number of pyridine rings is 1. The first-order valence-electron chi connectivity index (χ1n) is 4.90. The summed E-state index contributed by atoms with van der Waals surface area (Å²) in [6.07, 6.45) is 7.19. The fourth-order valence-corrected chi connectivity index (χ4v) is 1.26. The molecule has 17 heavy (non-hydrogen) atoms. The van der Waals surface area contributed by atoms with Crippen molar-refractivity contribution in [3.8, 4) is 18.4 Å². The molecule has 0 bridgehead atoms. The second-order valence-electron chi connectivity index (χ2n) is 3.20. The smallest absolute Gasteiger partial charge is 0.329 e. The van der Waals surface area contributed by atoms with Gasteiger partial charge in [0.15, 0.2) is 0 Å². The highest BCUT2D eigenvalue weighted by Crippen LogP contribution is 2.26. The molecule has 1 heterocycles. The summed E-state index contributed by atoms with van der Waals surface area (Å²) in [5.41, 5.74) is -0.386. The lowest BCUT2D eigenvalue weighted by molar-refractivity contribution is -0.384. The van der Waals surface area contributed by atoms with E-state index in [-0.39, 0.29) is 23.1 Å². The SMILES string of the molecule is C#CC(CC)Nc1nccc(C#N)c1[N+](=O)[O-]. The molecule has 6 heteroatoms. The summed E-state index contributed by atoms with van der Waals surface area (Å²) < 4.78 is 0. The van der Waals surface area contributed by atoms with Crippen LogP contribution in [-0.4, -0.2) is 15.9 Å². The highest BCUT2D eigenvalue weighted by molar-refractivity contribution is 5.64. The third-order valence-corrected chi connectivity index (χ3v) is 2.15. The van der Waals surface area contributed by atoms with Gasteiger partial charge in [0.05, 0.1) is 11.0 Å². The van der Waals surface area contributed by atoms with E-state index in [0.717, 1.165) is 0 Å². The molecule has 0 spiro atoms. The van der Waals surface area contributed by atoms with Crippen LogP contribution in [-0.2, 0) is 0 Å². The van der Waals surface area contributed by atoms with Crippen molar-refractivity contribution in [2.75, 3.05) is 5.32 Å². The molecular weight excluding hydrogens is 220 g/mol. The lowest BCUT2D eigenvalue weighted by Gasteiger charge is -2.11. The fourth-order valence-electron chi connectivity index (χ4n) is 1.26. The van der Waals surface area contributed by atoms with Crippen LogP contribution in [0.2, 0.25) is 0 Å². The monoisotopic (exact) mass is 230 g/mol. The minimum Gasteiger partial charge on any atom is -0.351 e. The molecule has 0 saturated heterocycles. The molecule has 86 valence electrons. The molecule has 1 rings (SSSR count). The lowest BCUT2D eigenvalue weighted by Crippen LogP contribution is -2.18. The molecule has 1 aromatic heterocycles. The molecule has 0 radical (unpaired) electrons. The summed E-state index contributed by atoms with van der Waals surface area (Å²) in [4.78, 5) is 14.1. The van der Waals surface area contributed by atoms with Crippen LogP contribution >= 0.6 is 0 Å². The highest BCUT2D eigenvalue weighted by atomic mass is 16.6. The fraction of sp³-hybridized carbons (Fsp3) is 0.273. The van der Waals surface area contributed by atoms with E-state index in [4.69, 9.17) is 11.7 Å². The van der Waals surface area contributed by atoms with Crippen molar-refractivity contribution in [3.05, 3.63) is 27.9 Å². The summed E-state index contributed by atoms with van der Waals surface area (Å²) >= 11 is 0. The van der Waals surface area contributed by atoms with E-state index in [1.165, 1.54) is 12.3 Å². The van der Waals surface area contributed by atoms with Gasteiger partial charge in [-0.3, -0.25) is 10.1 Å². The zero-order valence-corrected chi connectivity index (χ0v) is 9.17. The largest absolute Gasteiger partial charge is 0.351 e. The summed E-state index contributed by atoms with van der Waals surface area (Å²) in [5, 5.41) is 22.4. The Hall–Kier alpha value is -2.60. The predicted octanol–water partition coefficient (Wildman–Crippen LogP) is 1.69. The quantitative estimate of drug-likeness (QED) is 0.482. The Morgan fingerprint density at radius 1 is 1.76 bits per heavy atom. The summed E-state index contributed by atoms with van der Waals surface area (Å²) in [6.45, 7) is 1.84. The second kappa shape index (κ2) is 5.47. The number of aromatic nitrogens is 1. The predicted molar refractivity (Wildman–Crippen MR) is 62.1 cm³/mol. The average Bonchev–Trinajstić information content (AvgIpc) is 2.34. The Morgan fingerprint density at radius 2 is 2.47 bits per heavy atom. The molecule has 6 nitrogen and oxygen atoms in total. The van der Waals surface area contributed by atoms with Gasteiger partial charge in [0, 0.05) is 6.20 Å². The first-order chi connectivity index (χ1) is 8.13. The number of hydrogen-bond acceptors (Lipinski definition) is 5. The van der Waals surface area contributed by atoms with Gasteiger partial charge < -0.3 is 5.32 Å². The van der Waals surface area contributed by atoms with E-state index in [9.17, 15) is 10.1 Å². The maximum Gasteiger partial charge on any atom is 0.329 e. The zero-order chi connectivity index (χ0) is 12.8. The number of nitrogens with zero attached hydrogens (tertiary/aromatic N) is 3. The Balaban J connectivity index is 3.21. The van der Waals surface area contributed by atoms with Crippen LogP contribution in [0.15, 0.2) is 12.3 Å². The van der Waals surface area contributed by atoms with Gasteiger partial charge in [0.1, 0.15) is 11.6 Å². The third kappa shape index (κ3) is 2.70. The number of rotatable bonds is 4. The summed E-state index contributed by atoms with van der Waals surface area (Å²) in [6, 6.07) is 2.69. The van der Waals surface area contributed by atoms with Crippen LogP contribution < -0.4 is 5.32 Å². The van der Waals surface area contributed by atoms with Gasteiger partial charge in [-0.15, -0.1) is 6.42 Å². The van der Waals surface area contributed by atoms with Crippen LogP contribution in [0.4, 0.5) is 11.5 Å². The molecular formula is C11H10N4O2. The van der Waals surface area contributed by atoms with Gasteiger partial charge in [-0.05, 0) is 12.5 Å². The van der Waals surface area contributed by atoms with Crippen molar-refractivity contribution in [1.82, 2.24) is 4.98 Å². The Kier molecular flexibility index (Phi) is 4.02. The number of nitriles is 1. The van der Waals surface area contributed by atoms with Gasteiger partial charge in [0.2, 0.25) is 5.82 Å². The van der Waals surface area contributed by atoms with E-state index in [2.05, 4.69) is 16.2 Å².